The third-order valence-corrected chi connectivity index (χ3v) is 5.16. The summed E-state index contributed by atoms with van der Waals surface area (Å²) in [5.41, 5.74) is 1.33. The summed E-state index contributed by atoms with van der Waals surface area (Å²) in [6, 6.07) is 0.646. The van der Waals surface area contributed by atoms with Crippen molar-refractivity contribution in [3.05, 3.63) is 0 Å². The molecule has 3 unspecified atom stereocenters. The van der Waals surface area contributed by atoms with Gasteiger partial charge in [0.1, 0.15) is 0 Å². The molecule has 2 aliphatic rings. The van der Waals surface area contributed by atoms with E-state index in [2.05, 4.69) is 39.9 Å². The molecule has 1 heteroatoms. The van der Waals surface area contributed by atoms with Crippen LogP contribution in [0.25, 0.3) is 0 Å². The molecule has 0 bridgehead atoms. The molecule has 1 spiro atoms. The molecule has 94 valence electrons. The van der Waals surface area contributed by atoms with Gasteiger partial charge in [-0.15, -0.1) is 0 Å². The second kappa shape index (κ2) is 4.01. The van der Waals surface area contributed by atoms with E-state index in [-0.39, 0.29) is 0 Å². The minimum absolute atomic E-state index is 0.600. The first kappa shape index (κ1) is 12.4. The molecule has 0 radical (unpaired) electrons. The lowest BCUT2D eigenvalue weighted by Gasteiger charge is -2.40. The maximum atomic E-state index is 3.62. The van der Waals surface area contributed by atoms with Crippen molar-refractivity contribution in [1.82, 2.24) is 5.32 Å². The predicted octanol–water partition coefficient (Wildman–Crippen LogP) is 3.84. The highest BCUT2D eigenvalue weighted by molar-refractivity contribution is 5.09. The number of nitrogens with one attached hydrogen (secondary N) is 1. The maximum Gasteiger partial charge on any atom is 0.00104 e. The molecule has 0 amide bonds. The third-order valence-electron chi connectivity index (χ3n) is 5.16. The Kier molecular flexibility index (Phi) is 3.11. The van der Waals surface area contributed by atoms with Gasteiger partial charge in [0.15, 0.2) is 0 Å². The fourth-order valence-corrected chi connectivity index (χ4v) is 3.91. The lowest BCUT2D eigenvalue weighted by Crippen LogP contribution is -2.33. The molecule has 1 N–H and O–H groups in total. The number of rotatable bonds is 3. The van der Waals surface area contributed by atoms with Gasteiger partial charge in [-0.1, -0.05) is 34.6 Å². The first-order valence-electron chi connectivity index (χ1n) is 7.09. The molecule has 0 aliphatic heterocycles. The lowest BCUT2D eigenvalue weighted by molar-refractivity contribution is 0.101. The Morgan fingerprint density at radius 3 is 2.44 bits per heavy atom. The molecule has 2 fully saturated rings. The first-order chi connectivity index (χ1) is 7.36. The van der Waals surface area contributed by atoms with E-state index in [1.54, 1.807) is 0 Å². The molecule has 16 heavy (non-hydrogen) atoms. The van der Waals surface area contributed by atoms with E-state index in [4.69, 9.17) is 0 Å². The minimum atomic E-state index is 0.600. The van der Waals surface area contributed by atoms with Crippen LogP contribution < -0.4 is 5.32 Å². The van der Waals surface area contributed by atoms with Crippen molar-refractivity contribution >= 4 is 0 Å². The molecule has 0 aromatic carbocycles. The van der Waals surface area contributed by atoms with Gasteiger partial charge in [-0.3, -0.25) is 0 Å². The Morgan fingerprint density at radius 1 is 1.19 bits per heavy atom. The zero-order chi connectivity index (χ0) is 12.0. The van der Waals surface area contributed by atoms with Crippen molar-refractivity contribution in [3.8, 4) is 0 Å². The SMILES string of the molecule is CC(C)NCC1CC12CCC(C)(C)CC2C. The van der Waals surface area contributed by atoms with Crippen molar-refractivity contribution in [2.75, 3.05) is 6.54 Å². The molecule has 0 saturated heterocycles. The van der Waals surface area contributed by atoms with E-state index in [9.17, 15) is 0 Å². The fraction of sp³-hybridized carbons (Fsp3) is 1.00. The molecule has 2 aliphatic carbocycles. The average molecular weight is 223 g/mol. The van der Waals surface area contributed by atoms with E-state index < -0.39 is 0 Å². The quantitative estimate of drug-likeness (QED) is 0.766. The first-order valence-corrected chi connectivity index (χ1v) is 7.09. The molecule has 1 nitrogen and oxygen atoms in total. The highest BCUT2D eigenvalue weighted by Crippen LogP contribution is 2.66. The minimum Gasteiger partial charge on any atom is -0.314 e. The molecule has 2 saturated carbocycles. The maximum absolute atomic E-state index is 3.62. The van der Waals surface area contributed by atoms with Gasteiger partial charge in [0.05, 0.1) is 0 Å². The second-order valence-electron chi connectivity index (χ2n) is 7.47. The second-order valence-corrected chi connectivity index (χ2v) is 7.47. The monoisotopic (exact) mass is 223 g/mol. The summed E-state index contributed by atoms with van der Waals surface area (Å²) in [6.45, 7) is 13.1. The number of hydrogen-bond acceptors (Lipinski definition) is 1. The highest BCUT2D eigenvalue weighted by atomic mass is 14.9. The standard InChI is InChI=1S/C15H29N/c1-11(2)16-10-13-9-15(13)7-6-14(4,5)8-12(15)3/h11-13,16H,6-10H2,1-5H3. The van der Waals surface area contributed by atoms with Gasteiger partial charge in [-0.25, -0.2) is 0 Å². The Morgan fingerprint density at radius 2 is 1.88 bits per heavy atom. The Balaban J connectivity index is 1.88. The molecule has 3 atom stereocenters. The van der Waals surface area contributed by atoms with Crippen molar-refractivity contribution in [1.29, 1.82) is 0 Å². The van der Waals surface area contributed by atoms with Gasteiger partial charge < -0.3 is 5.32 Å². The van der Waals surface area contributed by atoms with Gasteiger partial charge in [0, 0.05) is 6.04 Å². The fourth-order valence-electron chi connectivity index (χ4n) is 3.91. The topological polar surface area (TPSA) is 12.0 Å². The smallest absolute Gasteiger partial charge is 0.00104 e. The molecule has 2 rings (SSSR count). The average Bonchev–Trinajstić information content (AvgIpc) is 2.84. The van der Waals surface area contributed by atoms with Crippen LogP contribution in [-0.4, -0.2) is 12.6 Å². The van der Waals surface area contributed by atoms with Gasteiger partial charge >= 0.3 is 0 Å². The van der Waals surface area contributed by atoms with Crippen LogP contribution in [0.2, 0.25) is 0 Å². The summed E-state index contributed by atoms with van der Waals surface area (Å²) in [6.07, 6.45) is 5.84. The van der Waals surface area contributed by atoms with Crippen LogP contribution in [0, 0.1) is 22.7 Å². The summed E-state index contributed by atoms with van der Waals surface area (Å²) in [4.78, 5) is 0. The Hall–Kier alpha value is -0.0400. The van der Waals surface area contributed by atoms with E-state index in [0.29, 0.717) is 11.5 Å². The molecule has 0 aromatic heterocycles. The largest absolute Gasteiger partial charge is 0.314 e. The summed E-state index contributed by atoms with van der Waals surface area (Å²) in [5, 5.41) is 3.62. The zero-order valence-electron chi connectivity index (χ0n) is 11.8. The van der Waals surface area contributed by atoms with Crippen molar-refractivity contribution < 1.29 is 0 Å². The zero-order valence-corrected chi connectivity index (χ0v) is 11.8. The Labute approximate surface area is 101 Å². The van der Waals surface area contributed by atoms with Crippen LogP contribution in [0.15, 0.2) is 0 Å². The van der Waals surface area contributed by atoms with Crippen molar-refractivity contribution in [3.63, 3.8) is 0 Å². The van der Waals surface area contributed by atoms with Gasteiger partial charge in [0.2, 0.25) is 0 Å². The van der Waals surface area contributed by atoms with Crippen LogP contribution in [0.1, 0.15) is 60.3 Å². The van der Waals surface area contributed by atoms with Gasteiger partial charge in [-0.05, 0) is 54.9 Å². The van der Waals surface area contributed by atoms with Gasteiger partial charge in [0.25, 0.3) is 0 Å². The summed E-state index contributed by atoms with van der Waals surface area (Å²) >= 11 is 0. The van der Waals surface area contributed by atoms with Crippen molar-refractivity contribution in [2.45, 2.75) is 66.3 Å². The van der Waals surface area contributed by atoms with E-state index in [1.807, 2.05) is 0 Å². The molecule has 0 aromatic rings. The van der Waals surface area contributed by atoms with E-state index in [0.717, 1.165) is 17.3 Å². The van der Waals surface area contributed by atoms with Crippen LogP contribution >= 0.6 is 0 Å². The van der Waals surface area contributed by atoms with E-state index in [1.165, 1.54) is 32.2 Å². The van der Waals surface area contributed by atoms with Crippen LogP contribution in [0.5, 0.6) is 0 Å². The van der Waals surface area contributed by atoms with Crippen LogP contribution in [0.3, 0.4) is 0 Å². The molecular formula is C15H29N. The normalized spacial score (nSPS) is 41.6. The molecule has 0 heterocycles. The highest BCUT2D eigenvalue weighted by Gasteiger charge is 2.59. The van der Waals surface area contributed by atoms with E-state index >= 15 is 0 Å². The summed E-state index contributed by atoms with van der Waals surface area (Å²) in [5.74, 6) is 1.91. The number of hydrogen-bond donors (Lipinski definition) is 1. The lowest BCUT2D eigenvalue weighted by atomic mass is 9.65. The third kappa shape index (κ3) is 2.30. The van der Waals surface area contributed by atoms with Crippen molar-refractivity contribution in [2.24, 2.45) is 22.7 Å². The summed E-state index contributed by atoms with van der Waals surface area (Å²) in [7, 11) is 0. The molecular weight excluding hydrogens is 194 g/mol. The van der Waals surface area contributed by atoms with Gasteiger partial charge in [-0.2, -0.15) is 0 Å². The summed E-state index contributed by atoms with van der Waals surface area (Å²) < 4.78 is 0. The predicted molar refractivity (Wildman–Crippen MR) is 70.5 cm³/mol. The van der Waals surface area contributed by atoms with Crippen LogP contribution in [0.4, 0.5) is 0 Å². The Bertz CT molecular complexity index is 256. The van der Waals surface area contributed by atoms with Crippen LogP contribution in [-0.2, 0) is 0 Å².